The van der Waals surface area contributed by atoms with E-state index in [0.29, 0.717) is 6.54 Å². The molecule has 1 saturated carbocycles. The van der Waals surface area contributed by atoms with Crippen molar-refractivity contribution < 1.29 is 14.0 Å². The predicted molar refractivity (Wildman–Crippen MR) is 87.0 cm³/mol. The molecule has 1 aliphatic rings. The van der Waals surface area contributed by atoms with Crippen LogP contribution in [-0.2, 0) is 16.1 Å². The maximum atomic E-state index is 12.9. The zero-order chi connectivity index (χ0) is 16.9. The Kier molecular flexibility index (Phi) is 5.74. The van der Waals surface area contributed by atoms with E-state index in [1.807, 2.05) is 13.8 Å². The number of hydrogen-bond donors (Lipinski definition) is 2. The number of nitrogens with one attached hydrogen (secondary N) is 2. The van der Waals surface area contributed by atoms with Crippen molar-refractivity contribution in [2.75, 3.05) is 0 Å². The van der Waals surface area contributed by atoms with Gasteiger partial charge in [0.15, 0.2) is 0 Å². The molecule has 0 radical (unpaired) electrons. The summed E-state index contributed by atoms with van der Waals surface area (Å²) in [6, 6.07) is 6.14. The molecule has 5 heteroatoms. The average Bonchev–Trinajstić information content (AvgIpc) is 2.95. The topological polar surface area (TPSA) is 58.2 Å². The van der Waals surface area contributed by atoms with Gasteiger partial charge in [-0.15, -0.1) is 0 Å². The summed E-state index contributed by atoms with van der Waals surface area (Å²) in [7, 11) is 0. The van der Waals surface area contributed by atoms with Gasteiger partial charge in [-0.3, -0.25) is 9.59 Å². The van der Waals surface area contributed by atoms with E-state index >= 15 is 0 Å². The van der Waals surface area contributed by atoms with Crippen molar-refractivity contribution in [1.82, 2.24) is 10.6 Å². The molecule has 4 nitrogen and oxygen atoms in total. The predicted octanol–water partition coefficient (Wildman–Crippen LogP) is 2.92. The van der Waals surface area contributed by atoms with Gasteiger partial charge >= 0.3 is 0 Å². The standard InChI is InChI=1S/C18H25FN2O2/c1-13(2)21-16(22)11-18(9-3-4-10-18)17(23)20-12-14-5-7-15(19)8-6-14/h5-8,13H,3-4,9-12H2,1-2H3,(H,20,23)(H,21,22). The van der Waals surface area contributed by atoms with Crippen LogP contribution in [0.4, 0.5) is 4.39 Å². The zero-order valence-corrected chi connectivity index (χ0v) is 13.8. The van der Waals surface area contributed by atoms with E-state index < -0.39 is 5.41 Å². The minimum absolute atomic E-state index is 0.0705. The number of hydrogen-bond acceptors (Lipinski definition) is 2. The maximum absolute atomic E-state index is 12.9. The molecule has 0 unspecified atom stereocenters. The van der Waals surface area contributed by atoms with Gasteiger partial charge in [0.25, 0.3) is 0 Å². The van der Waals surface area contributed by atoms with Crippen LogP contribution >= 0.6 is 0 Å². The lowest BCUT2D eigenvalue weighted by Gasteiger charge is -2.27. The molecule has 23 heavy (non-hydrogen) atoms. The fraction of sp³-hybridized carbons (Fsp3) is 0.556. The van der Waals surface area contributed by atoms with Crippen molar-refractivity contribution in [3.8, 4) is 0 Å². The van der Waals surface area contributed by atoms with Crippen LogP contribution in [0.3, 0.4) is 0 Å². The molecular formula is C18H25FN2O2. The van der Waals surface area contributed by atoms with Crippen LogP contribution in [0.1, 0.15) is 51.5 Å². The van der Waals surface area contributed by atoms with Gasteiger partial charge in [-0.2, -0.15) is 0 Å². The zero-order valence-electron chi connectivity index (χ0n) is 13.8. The summed E-state index contributed by atoms with van der Waals surface area (Å²) in [5.74, 6) is -0.435. The van der Waals surface area contributed by atoms with Crippen molar-refractivity contribution in [3.05, 3.63) is 35.6 Å². The Morgan fingerprint density at radius 2 is 1.78 bits per heavy atom. The smallest absolute Gasteiger partial charge is 0.227 e. The molecule has 2 amide bonds. The Hall–Kier alpha value is -1.91. The van der Waals surface area contributed by atoms with Gasteiger partial charge in [-0.1, -0.05) is 25.0 Å². The van der Waals surface area contributed by atoms with Gasteiger partial charge in [0.1, 0.15) is 5.82 Å². The number of benzene rings is 1. The summed E-state index contributed by atoms with van der Waals surface area (Å²) < 4.78 is 12.9. The summed E-state index contributed by atoms with van der Waals surface area (Å²) in [6.45, 7) is 4.17. The molecule has 1 aliphatic carbocycles. The Morgan fingerprint density at radius 3 is 2.35 bits per heavy atom. The molecule has 1 fully saturated rings. The van der Waals surface area contributed by atoms with Gasteiger partial charge in [-0.05, 0) is 44.4 Å². The Labute approximate surface area is 136 Å². The number of carbonyl (C=O) groups is 2. The second-order valence-corrected chi connectivity index (χ2v) is 6.70. The van der Waals surface area contributed by atoms with Crippen LogP contribution in [0.25, 0.3) is 0 Å². The highest BCUT2D eigenvalue weighted by Gasteiger charge is 2.42. The lowest BCUT2D eigenvalue weighted by Crippen LogP contribution is -2.43. The number of halogens is 1. The molecular weight excluding hydrogens is 295 g/mol. The van der Waals surface area contributed by atoms with Gasteiger partial charge in [0, 0.05) is 19.0 Å². The van der Waals surface area contributed by atoms with Crippen LogP contribution in [0.15, 0.2) is 24.3 Å². The summed E-state index contributed by atoms with van der Waals surface area (Å²) in [5.41, 5.74) is 0.249. The monoisotopic (exact) mass is 320 g/mol. The maximum Gasteiger partial charge on any atom is 0.227 e. The van der Waals surface area contributed by atoms with Crippen LogP contribution in [0.5, 0.6) is 0 Å². The van der Waals surface area contributed by atoms with Crippen molar-refractivity contribution in [2.24, 2.45) is 5.41 Å². The van der Waals surface area contributed by atoms with Gasteiger partial charge in [-0.25, -0.2) is 4.39 Å². The molecule has 126 valence electrons. The molecule has 1 aromatic carbocycles. The highest BCUT2D eigenvalue weighted by Crippen LogP contribution is 2.41. The van der Waals surface area contributed by atoms with Crippen LogP contribution in [-0.4, -0.2) is 17.9 Å². The molecule has 0 atom stereocenters. The molecule has 1 aromatic rings. The Morgan fingerprint density at radius 1 is 1.17 bits per heavy atom. The van der Waals surface area contributed by atoms with E-state index in [9.17, 15) is 14.0 Å². The van der Waals surface area contributed by atoms with E-state index in [0.717, 1.165) is 31.2 Å². The first-order valence-corrected chi connectivity index (χ1v) is 8.23. The first-order valence-electron chi connectivity index (χ1n) is 8.23. The first kappa shape index (κ1) is 17.4. The molecule has 0 saturated heterocycles. The van der Waals surface area contributed by atoms with E-state index in [4.69, 9.17) is 0 Å². The van der Waals surface area contributed by atoms with Crippen molar-refractivity contribution in [3.63, 3.8) is 0 Å². The van der Waals surface area contributed by atoms with Crippen LogP contribution in [0.2, 0.25) is 0 Å². The highest BCUT2D eigenvalue weighted by molar-refractivity contribution is 5.89. The van der Waals surface area contributed by atoms with Gasteiger partial charge < -0.3 is 10.6 Å². The molecule has 0 spiro atoms. The number of amides is 2. The number of rotatable bonds is 6. The minimum Gasteiger partial charge on any atom is -0.354 e. The first-order chi connectivity index (χ1) is 10.9. The Bertz CT molecular complexity index is 549. The number of carbonyl (C=O) groups excluding carboxylic acids is 2. The lowest BCUT2D eigenvalue weighted by atomic mass is 9.81. The van der Waals surface area contributed by atoms with E-state index in [1.165, 1.54) is 12.1 Å². The quantitative estimate of drug-likeness (QED) is 0.847. The van der Waals surface area contributed by atoms with Crippen LogP contribution < -0.4 is 10.6 Å². The van der Waals surface area contributed by atoms with E-state index in [1.54, 1.807) is 12.1 Å². The van der Waals surface area contributed by atoms with Crippen molar-refractivity contribution in [1.29, 1.82) is 0 Å². The third-order valence-corrected chi connectivity index (χ3v) is 4.36. The average molecular weight is 320 g/mol. The second kappa shape index (κ2) is 7.57. The summed E-state index contributed by atoms with van der Waals surface area (Å²) >= 11 is 0. The minimum atomic E-state index is -0.598. The fourth-order valence-electron chi connectivity index (χ4n) is 3.19. The molecule has 0 aromatic heterocycles. The molecule has 2 N–H and O–H groups in total. The molecule has 0 heterocycles. The SMILES string of the molecule is CC(C)NC(=O)CC1(C(=O)NCc2ccc(F)cc2)CCCC1. The van der Waals surface area contributed by atoms with Crippen molar-refractivity contribution in [2.45, 2.75) is 58.5 Å². The summed E-state index contributed by atoms with van der Waals surface area (Å²) in [6.07, 6.45) is 3.67. The van der Waals surface area contributed by atoms with Gasteiger partial charge in [0.05, 0.1) is 5.41 Å². The fourth-order valence-corrected chi connectivity index (χ4v) is 3.19. The van der Waals surface area contributed by atoms with Crippen molar-refractivity contribution >= 4 is 11.8 Å². The third kappa shape index (κ3) is 4.78. The summed E-state index contributed by atoms with van der Waals surface area (Å²) in [4.78, 5) is 24.8. The summed E-state index contributed by atoms with van der Waals surface area (Å²) in [5, 5.41) is 5.79. The van der Waals surface area contributed by atoms with Crippen LogP contribution in [0, 0.1) is 11.2 Å². The third-order valence-electron chi connectivity index (χ3n) is 4.36. The van der Waals surface area contributed by atoms with E-state index in [-0.39, 0.29) is 30.1 Å². The normalized spacial score (nSPS) is 16.3. The molecule has 0 bridgehead atoms. The molecule has 0 aliphatic heterocycles. The highest BCUT2D eigenvalue weighted by atomic mass is 19.1. The molecule has 2 rings (SSSR count). The Balaban J connectivity index is 1.97. The van der Waals surface area contributed by atoms with Gasteiger partial charge in [0.2, 0.25) is 11.8 Å². The lowest BCUT2D eigenvalue weighted by molar-refractivity contribution is -0.136. The van der Waals surface area contributed by atoms with E-state index in [2.05, 4.69) is 10.6 Å². The second-order valence-electron chi connectivity index (χ2n) is 6.70. The largest absolute Gasteiger partial charge is 0.354 e.